The fraction of sp³-hybridized carbons (Fsp3) is 0.562. The van der Waals surface area contributed by atoms with Crippen LogP contribution in [0.4, 0.5) is 0 Å². The van der Waals surface area contributed by atoms with Gasteiger partial charge >= 0.3 is 11.9 Å². The van der Waals surface area contributed by atoms with E-state index in [1.54, 1.807) is 24.5 Å². The maximum Gasteiger partial charge on any atom is 0.352 e. The molecule has 1 atom stereocenters. The minimum Gasteiger partial charge on any atom is -0.462 e. The largest absolute Gasteiger partial charge is 0.462 e. The Bertz CT molecular complexity index is 445. The Balaban J connectivity index is 2.75. The molecule has 0 amide bonds. The normalized spacial score (nSPS) is 12.0. The lowest BCUT2D eigenvalue weighted by Crippen LogP contribution is -2.23. The Morgan fingerprint density at radius 3 is 2.48 bits per heavy atom. The van der Waals surface area contributed by atoms with Crippen molar-refractivity contribution < 1.29 is 19.1 Å². The second-order valence-corrected chi connectivity index (χ2v) is 5.28. The van der Waals surface area contributed by atoms with Crippen LogP contribution in [0.15, 0.2) is 24.5 Å². The zero-order chi connectivity index (χ0) is 15.7. The molecule has 0 bridgehead atoms. The van der Waals surface area contributed by atoms with Gasteiger partial charge in [0.2, 0.25) is 6.10 Å². The predicted octanol–water partition coefficient (Wildman–Crippen LogP) is 3.06. The molecule has 116 valence electrons. The van der Waals surface area contributed by atoms with Crippen molar-refractivity contribution in [2.45, 2.75) is 46.1 Å². The number of hydrogen-bond donors (Lipinski definition) is 0. The van der Waals surface area contributed by atoms with Gasteiger partial charge in [-0.25, -0.2) is 4.79 Å². The standard InChI is InChI=1S/C16H23NO4/c1-4-5-6-14(18)21-15(13-7-9-17-10-8-13)16(19)20-11-12(2)3/h7-10,12,15H,4-6,11H2,1-3H3. The lowest BCUT2D eigenvalue weighted by molar-refractivity contribution is -0.169. The number of ether oxygens (including phenoxy) is 2. The van der Waals surface area contributed by atoms with Gasteiger partial charge in [0.05, 0.1) is 6.61 Å². The van der Waals surface area contributed by atoms with Crippen LogP contribution in [-0.4, -0.2) is 23.5 Å². The maximum atomic E-state index is 12.1. The van der Waals surface area contributed by atoms with Gasteiger partial charge in [-0.3, -0.25) is 9.78 Å². The fourth-order valence-electron chi connectivity index (χ4n) is 1.63. The Hall–Kier alpha value is -1.91. The Morgan fingerprint density at radius 1 is 1.24 bits per heavy atom. The van der Waals surface area contributed by atoms with Gasteiger partial charge in [0, 0.05) is 24.4 Å². The first-order chi connectivity index (χ1) is 10.0. The molecule has 5 nitrogen and oxygen atoms in total. The Labute approximate surface area is 125 Å². The van der Waals surface area contributed by atoms with E-state index in [1.165, 1.54) is 0 Å². The van der Waals surface area contributed by atoms with Gasteiger partial charge in [0.25, 0.3) is 0 Å². The highest BCUT2D eigenvalue weighted by molar-refractivity contribution is 5.80. The minimum atomic E-state index is -1.02. The van der Waals surface area contributed by atoms with Crippen molar-refractivity contribution in [1.82, 2.24) is 4.98 Å². The second-order valence-electron chi connectivity index (χ2n) is 5.28. The van der Waals surface area contributed by atoms with Crippen molar-refractivity contribution >= 4 is 11.9 Å². The molecule has 5 heteroatoms. The van der Waals surface area contributed by atoms with Crippen molar-refractivity contribution in [2.24, 2.45) is 5.92 Å². The number of hydrogen-bond acceptors (Lipinski definition) is 5. The third-order valence-corrected chi connectivity index (χ3v) is 2.77. The van der Waals surface area contributed by atoms with Crippen LogP contribution in [0.1, 0.15) is 51.7 Å². The zero-order valence-corrected chi connectivity index (χ0v) is 12.9. The van der Waals surface area contributed by atoms with E-state index in [1.807, 2.05) is 20.8 Å². The van der Waals surface area contributed by atoms with Crippen LogP contribution in [0.3, 0.4) is 0 Å². The number of carbonyl (C=O) groups excluding carboxylic acids is 2. The number of carbonyl (C=O) groups is 2. The summed E-state index contributed by atoms with van der Waals surface area (Å²) in [4.78, 5) is 27.8. The van der Waals surface area contributed by atoms with Crippen LogP contribution < -0.4 is 0 Å². The van der Waals surface area contributed by atoms with Crippen molar-refractivity contribution in [3.05, 3.63) is 30.1 Å². The Morgan fingerprint density at radius 2 is 1.90 bits per heavy atom. The summed E-state index contributed by atoms with van der Waals surface area (Å²) in [5, 5.41) is 0. The van der Waals surface area contributed by atoms with E-state index < -0.39 is 12.1 Å². The van der Waals surface area contributed by atoms with E-state index in [9.17, 15) is 9.59 Å². The minimum absolute atomic E-state index is 0.225. The number of unbranched alkanes of at least 4 members (excludes halogenated alkanes) is 1. The van der Waals surface area contributed by atoms with Crippen molar-refractivity contribution in [2.75, 3.05) is 6.61 Å². The van der Waals surface area contributed by atoms with E-state index in [4.69, 9.17) is 9.47 Å². The molecule has 0 spiro atoms. The maximum absolute atomic E-state index is 12.1. The molecule has 1 unspecified atom stereocenters. The third-order valence-electron chi connectivity index (χ3n) is 2.77. The molecule has 1 heterocycles. The van der Waals surface area contributed by atoms with Gasteiger partial charge in [-0.05, 0) is 24.5 Å². The molecule has 1 aromatic heterocycles. The third kappa shape index (κ3) is 6.38. The summed E-state index contributed by atoms with van der Waals surface area (Å²) in [5.41, 5.74) is 0.573. The summed E-state index contributed by atoms with van der Waals surface area (Å²) in [6, 6.07) is 3.29. The monoisotopic (exact) mass is 293 g/mol. The van der Waals surface area contributed by atoms with Crippen molar-refractivity contribution in [3.63, 3.8) is 0 Å². The number of aromatic nitrogens is 1. The average molecular weight is 293 g/mol. The van der Waals surface area contributed by atoms with E-state index in [-0.39, 0.29) is 11.9 Å². The topological polar surface area (TPSA) is 65.5 Å². The molecule has 0 aliphatic carbocycles. The highest BCUT2D eigenvalue weighted by Crippen LogP contribution is 2.20. The molecule has 0 aliphatic heterocycles. The molecular weight excluding hydrogens is 270 g/mol. The summed E-state index contributed by atoms with van der Waals surface area (Å²) >= 11 is 0. The SMILES string of the molecule is CCCCC(=O)OC(C(=O)OCC(C)C)c1ccncc1. The van der Waals surface area contributed by atoms with Gasteiger partial charge < -0.3 is 9.47 Å². The summed E-state index contributed by atoms with van der Waals surface area (Å²) in [5.74, 6) is -0.706. The van der Waals surface area contributed by atoms with Crippen LogP contribution in [0.5, 0.6) is 0 Å². The summed E-state index contributed by atoms with van der Waals surface area (Å²) < 4.78 is 10.5. The van der Waals surface area contributed by atoms with Gasteiger partial charge in [0.1, 0.15) is 0 Å². The van der Waals surface area contributed by atoms with Gasteiger partial charge in [0.15, 0.2) is 0 Å². The first-order valence-corrected chi connectivity index (χ1v) is 7.30. The lowest BCUT2D eigenvalue weighted by atomic mass is 10.1. The molecule has 0 saturated carbocycles. The van der Waals surface area contributed by atoms with Crippen molar-refractivity contribution in [1.29, 1.82) is 0 Å². The van der Waals surface area contributed by atoms with Gasteiger partial charge in [-0.2, -0.15) is 0 Å². The smallest absolute Gasteiger partial charge is 0.352 e. The Kier molecular flexibility index (Phi) is 7.43. The highest BCUT2D eigenvalue weighted by atomic mass is 16.6. The van der Waals surface area contributed by atoms with E-state index in [2.05, 4.69) is 4.98 Å². The zero-order valence-electron chi connectivity index (χ0n) is 12.9. The molecule has 0 aromatic carbocycles. The van der Waals surface area contributed by atoms with Gasteiger partial charge in [-0.15, -0.1) is 0 Å². The highest BCUT2D eigenvalue weighted by Gasteiger charge is 2.26. The average Bonchev–Trinajstić information content (AvgIpc) is 2.49. The molecule has 0 saturated heterocycles. The van der Waals surface area contributed by atoms with Crippen molar-refractivity contribution in [3.8, 4) is 0 Å². The van der Waals surface area contributed by atoms with Crippen LogP contribution in [0.2, 0.25) is 0 Å². The van der Waals surface area contributed by atoms with Gasteiger partial charge in [-0.1, -0.05) is 27.2 Å². The fourth-order valence-corrected chi connectivity index (χ4v) is 1.63. The van der Waals surface area contributed by atoms with Crippen LogP contribution >= 0.6 is 0 Å². The van der Waals surface area contributed by atoms with E-state index in [0.717, 1.165) is 12.8 Å². The molecule has 1 aromatic rings. The molecule has 21 heavy (non-hydrogen) atoms. The number of nitrogens with zero attached hydrogens (tertiary/aromatic N) is 1. The number of rotatable bonds is 8. The second kappa shape index (κ2) is 9.10. The summed E-state index contributed by atoms with van der Waals surface area (Å²) in [6.07, 6.45) is 4.03. The number of pyridine rings is 1. The molecule has 0 N–H and O–H groups in total. The summed E-state index contributed by atoms with van der Waals surface area (Å²) in [6.45, 7) is 6.18. The predicted molar refractivity (Wildman–Crippen MR) is 78.4 cm³/mol. The van der Waals surface area contributed by atoms with E-state index in [0.29, 0.717) is 18.6 Å². The quantitative estimate of drug-likeness (QED) is 0.689. The molecule has 0 aliphatic rings. The molecule has 0 radical (unpaired) electrons. The first-order valence-electron chi connectivity index (χ1n) is 7.30. The number of esters is 2. The van der Waals surface area contributed by atoms with Crippen LogP contribution in [-0.2, 0) is 19.1 Å². The first kappa shape index (κ1) is 17.1. The van der Waals surface area contributed by atoms with Crippen LogP contribution in [0, 0.1) is 5.92 Å². The summed E-state index contributed by atoms with van der Waals surface area (Å²) in [7, 11) is 0. The van der Waals surface area contributed by atoms with E-state index >= 15 is 0 Å². The molecule has 1 rings (SSSR count). The van der Waals surface area contributed by atoms with Crippen LogP contribution in [0.25, 0.3) is 0 Å². The molecule has 0 fully saturated rings. The lowest BCUT2D eigenvalue weighted by Gasteiger charge is -2.17. The molecular formula is C16H23NO4.